The van der Waals surface area contributed by atoms with Gasteiger partial charge in [0.1, 0.15) is 0 Å². The molecule has 0 radical (unpaired) electrons. The first-order valence-corrected chi connectivity index (χ1v) is 6.54. The zero-order valence-corrected chi connectivity index (χ0v) is 10.5. The van der Waals surface area contributed by atoms with Crippen molar-refractivity contribution in [1.29, 1.82) is 0 Å². The number of rotatable bonds is 2. The highest BCUT2D eigenvalue weighted by atomic mass is 14.6. The van der Waals surface area contributed by atoms with Crippen LogP contribution >= 0.6 is 0 Å². The van der Waals surface area contributed by atoms with Crippen molar-refractivity contribution in [2.45, 2.75) is 52.0 Å². The Kier molecular flexibility index (Phi) is 3.65. The lowest BCUT2D eigenvalue weighted by Crippen LogP contribution is -2.11. The van der Waals surface area contributed by atoms with E-state index < -0.39 is 0 Å². The highest BCUT2D eigenvalue weighted by Crippen LogP contribution is 2.28. The van der Waals surface area contributed by atoms with Gasteiger partial charge >= 0.3 is 0 Å². The smallest absolute Gasteiger partial charge is 0.0297 e. The first kappa shape index (κ1) is 11.7. The van der Waals surface area contributed by atoms with Crippen LogP contribution in [0.15, 0.2) is 18.2 Å². The molecule has 0 unspecified atom stereocenters. The molecule has 1 aliphatic rings. The lowest BCUT2D eigenvalue weighted by Gasteiger charge is -2.15. The summed E-state index contributed by atoms with van der Waals surface area (Å²) in [6.45, 7) is 4.54. The van der Waals surface area contributed by atoms with E-state index in [9.17, 15) is 0 Å². The minimum atomic E-state index is 0.268. The fourth-order valence-electron chi connectivity index (χ4n) is 2.65. The molecule has 2 N–H and O–H groups in total. The van der Waals surface area contributed by atoms with Crippen molar-refractivity contribution in [3.05, 3.63) is 34.9 Å². The predicted molar refractivity (Wildman–Crippen MR) is 69.5 cm³/mol. The molecule has 1 aromatic carbocycles. The Morgan fingerprint density at radius 2 is 2.12 bits per heavy atom. The molecule has 0 saturated carbocycles. The monoisotopic (exact) mass is 217 g/mol. The van der Waals surface area contributed by atoms with Gasteiger partial charge in [0, 0.05) is 6.04 Å². The first-order chi connectivity index (χ1) is 7.66. The van der Waals surface area contributed by atoms with Crippen LogP contribution in [0.5, 0.6) is 0 Å². The maximum Gasteiger partial charge on any atom is 0.0297 e. The van der Waals surface area contributed by atoms with E-state index in [4.69, 9.17) is 5.73 Å². The average molecular weight is 217 g/mol. The second kappa shape index (κ2) is 5.01. The molecule has 0 fully saturated rings. The molecule has 0 bridgehead atoms. The van der Waals surface area contributed by atoms with Crippen LogP contribution < -0.4 is 5.73 Å². The summed E-state index contributed by atoms with van der Waals surface area (Å²) in [6.07, 6.45) is 6.10. The molecular weight excluding hydrogens is 194 g/mol. The van der Waals surface area contributed by atoms with Crippen LogP contribution in [-0.4, -0.2) is 0 Å². The maximum atomic E-state index is 6.25. The van der Waals surface area contributed by atoms with Crippen LogP contribution in [0.4, 0.5) is 0 Å². The third kappa shape index (κ3) is 2.65. The van der Waals surface area contributed by atoms with Crippen LogP contribution in [0.2, 0.25) is 0 Å². The lowest BCUT2D eigenvalue weighted by atomic mass is 9.94. The van der Waals surface area contributed by atoms with Crippen LogP contribution in [0.1, 0.15) is 55.8 Å². The van der Waals surface area contributed by atoms with Gasteiger partial charge in [-0.1, -0.05) is 38.5 Å². The minimum Gasteiger partial charge on any atom is -0.324 e. The molecule has 1 nitrogen and oxygen atoms in total. The van der Waals surface area contributed by atoms with Crippen molar-refractivity contribution in [2.75, 3.05) is 0 Å². The molecule has 0 aromatic heterocycles. The summed E-state index contributed by atoms with van der Waals surface area (Å²) in [5.41, 5.74) is 10.6. The fraction of sp³-hybridized carbons (Fsp3) is 0.600. The van der Waals surface area contributed by atoms with Gasteiger partial charge in [-0.3, -0.25) is 0 Å². The number of aryl methyl sites for hydroxylation is 1. The Hall–Kier alpha value is -0.820. The maximum absolute atomic E-state index is 6.25. The Morgan fingerprint density at radius 1 is 1.31 bits per heavy atom. The molecule has 16 heavy (non-hydrogen) atoms. The summed E-state index contributed by atoms with van der Waals surface area (Å²) in [5, 5.41) is 0. The Balaban J connectivity index is 2.28. The molecule has 88 valence electrons. The van der Waals surface area contributed by atoms with Crippen LogP contribution in [-0.2, 0) is 12.8 Å². The zero-order chi connectivity index (χ0) is 11.5. The van der Waals surface area contributed by atoms with E-state index >= 15 is 0 Å². The number of nitrogens with two attached hydrogens (primary N) is 1. The average Bonchev–Trinajstić information content (AvgIpc) is 2.41. The number of hydrogen-bond acceptors (Lipinski definition) is 1. The van der Waals surface area contributed by atoms with Crippen molar-refractivity contribution in [3.63, 3.8) is 0 Å². The molecular formula is C15H23N. The standard InChI is InChI=1S/C15H23N/c1-11(2)9-12-7-8-13-5-3-4-6-15(16)14(13)10-12/h7-8,10-11,15H,3-6,9,16H2,1-2H3/t15-/m1/s1. The number of benzene rings is 1. The van der Waals surface area contributed by atoms with Gasteiger partial charge in [0.25, 0.3) is 0 Å². The third-order valence-electron chi connectivity index (χ3n) is 3.46. The van der Waals surface area contributed by atoms with E-state index in [1.165, 1.54) is 42.4 Å². The molecule has 0 amide bonds. The summed E-state index contributed by atoms with van der Waals surface area (Å²) < 4.78 is 0. The minimum absolute atomic E-state index is 0.268. The van der Waals surface area contributed by atoms with Gasteiger partial charge in [-0.25, -0.2) is 0 Å². The Morgan fingerprint density at radius 3 is 2.88 bits per heavy atom. The predicted octanol–water partition coefficient (Wildman–Crippen LogP) is 3.61. The van der Waals surface area contributed by atoms with E-state index in [1.807, 2.05) is 0 Å². The highest BCUT2D eigenvalue weighted by Gasteiger charge is 2.15. The van der Waals surface area contributed by atoms with Gasteiger partial charge in [-0.15, -0.1) is 0 Å². The van der Waals surface area contributed by atoms with Gasteiger partial charge in [-0.2, -0.15) is 0 Å². The molecule has 1 aromatic rings. The quantitative estimate of drug-likeness (QED) is 0.752. The molecule has 1 heteroatoms. The van der Waals surface area contributed by atoms with Crippen LogP contribution in [0, 0.1) is 5.92 Å². The largest absolute Gasteiger partial charge is 0.324 e. The SMILES string of the molecule is CC(C)Cc1ccc2c(c1)[C@H](N)CCCC2. The topological polar surface area (TPSA) is 26.0 Å². The van der Waals surface area contributed by atoms with Gasteiger partial charge in [0.05, 0.1) is 0 Å². The van der Waals surface area contributed by atoms with Crippen molar-refractivity contribution in [3.8, 4) is 0 Å². The van der Waals surface area contributed by atoms with E-state index in [2.05, 4.69) is 32.0 Å². The van der Waals surface area contributed by atoms with Gasteiger partial charge < -0.3 is 5.73 Å². The van der Waals surface area contributed by atoms with Crippen molar-refractivity contribution >= 4 is 0 Å². The van der Waals surface area contributed by atoms with Gasteiger partial charge in [0.15, 0.2) is 0 Å². The summed E-state index contributed by atoms with van der Waals surface area (Å²) in [6, 6.07) is 7.21. The molecule has 1 atom stereocenters. The van der Waals surface area contributed by atoms with Gasteiger partial charge in [-0.05, 0) is 48.3 Å². The first-order valence-electron chi connectivity index (χ1n) is 6.54. The second-order valence-corrected chi connectivity index (χ2v) is 5.48. The van der Waals surface area contributed by atoms with E-state index in [0.29, 0.717) is 0 Å². The number of fused-ring (bicyclic) bond motifs is 1. The molecule has 0 saturated heterocycles. The fourth-order valence-corrected chi connectivity index (χ4v) is 2.65. The van der Waals surface area contributed by atoms with E-state index in [-0.39, 0.29) is 6.04 Å². The molecule has 0 spiro atoms. The molecule has 0 heterocycles. The highest BCUT2D eigenvalue weighted by molar-refractivity contribution is 5.35. The van der Waals surface area contributed by atoms with Crippen molar-refractivity contribution in [1.82, 2.24) is 0 Å². The van der Waals surface area contributed by atoms with E-state index in [0.717, 1.165) is 12.3 Å². The van der Waals surface area contributed by atoms with Crippen LogP contribution in [0.25, 0.3) is 0 Å². The van der Waals surface area contributed by atoms with Gasteiger partial charge in [0.2, 0.25) is 0 Å². The van der Waals surface area contributed by atoms with Crippen molar-refractivity contribution in [2.24, 2.45) is 11.7 Å². The summed E-state index contributed by atoms with van der Waals surface area (Å²) in [5.74, 6) is 0.722. The third-order valence-corrected chi connectivity index (χ3v) is 3.46. The summed E-state index contributed by atoms with van der Waals surface area (Å²) in [7, 11) is 0. The zero-order valence-electron chi connectivity index (χ0n) is 10.5. The normalized spacial score (nSPS) is 20.6. The summed E-state index contributed by atoms with van der Waals surface area (Å²) in [4.78, 5) is 0. The number of hydrogen-bond donors (Lipinski definition) is 1. The van der Waals surface area contributed by atoms with Crippen molar-refractivity contribution < 1.29 is 0 Å². The Bertz CT molecular complexity index is 354. The van der Waals surface area contributed by atoms with E-state index in [1.54, 1.807) is 0 Å². The Labute approximate surface area is 99.0 Å². The second-order valence-electron chi connectivity index (χ2n) is 5.48. The summed E-state index contributed by atoms with van der Waals surface area (Å²) >= 11 is 0. The molecule has 0 aliphatic heterocycles. The molecule has 2 rings (SSSR count). The van der Waals surface area contributed by atoms with Crippen LogP contribution in [0.3, 0.4) is 0 Å². The molecule has 1 aliphatic carbocycles. The lowest BCUT2D eigenvalue weighted by molar-refractivity contribution is 0.612.